The molecule has 1 unspecified atom stereocenters. The number of anilines is 3. The summed E-state index contributed by atoms with van der Waals surface area (Å²) in [6.07, 6.45) is 3.92. The van der Waals surface area contributed by atoms with Crippen LogP contribution in [0.3, 0.4) is 0 Å². The monoisotopic (exact) mass is 572 g/mol. The number of halogens is 5. The second-order valence-corrected chi connectivity index (χ2v) is 10.2. The molecule has 0 amide bonds. The Morgan fingerprint density at radius 2 is 1.85 bits per heavy atom. The first-order valence-corrected chi connectivity index (χ1v) is 13.0. The summed E-state index contributed by atoms with van der Waals surface area (Å²) in [5.74, 6) is -0.542. The van der Waals surface area contributed by atoms with E-state index >= 15 is 0 Å². The highest BCUT2D eigenvalue weighted by molar-refractivity contribution is 5.64. The fourth-order valence-electron chi connectivity index (χ4n) is 5.03. The highest BCUT2D eigenvalue weighted by Gasteiger charge is 2.33. The zero-order valence-electron chi connectivity index (χ0n) is 21.8. The van der Waals surface area contributed by atoms with E-state index in [1.165, 1.54) is 47.8 Å². The van der Waals surface area contributed by atoms with Crippen molar-refractivity contribution in [2.75, 3.05) is 23.9 Å². The quantitative estimate of drug-likeness (QED) is 0.254. The first-order valence-electron chi connectivity index (χ1n) is 13.0. The Morgan fingerprint density at radius 3 is 2.56 bits per heavy atom. The minimum Gasteiger partial charge on any atom is -0.486 e. The number of likely N-dealkylation sites (N-methyl/N-ethyl adjacent to an activating group) is 1. The van der Waals surface area contributed by atoms with Gasteiger partial charge in [0.1, 0.15) is 18.2 Å². The lowest BCUT2D eigenvalue weighted by molar-refractivity contribution is -0.274. The predicted molar refractivity (Wildman–Crippen MR) is 140 cm³/mol. The number of imidazole rings is 1. The smallest absolute Gasteiger partial charge is 0.486 e. The van der Waals surface area contributed by atoms with Gasteiger partial charge < -0.3 is 24.3 Å². The van der Waals surface area contributed by atoms with Crippen molar-refractivity contribution in [3.8, 4) is 17.2 Å². The number of fused-ring (bicyclic) bond motifs is 1. The molecular weight excluding hydrogens is 547 g/mol. The van der Waals surface area contributed by atoms with Crippen LogP contribution in [0.25, 0.3) is 5.69 Å². The fraction of sp³-hybridized carbons (Fsp3) is 0.321. The van der Waals surface area contributed by atoms with E-state index in [0.29, 0.717) is 23.0 Å². The molecule has 0 bridgehead atoms. The molecule has 2 aliphatic rings. The van der Waals surface area contributed by atoms with Crippen LogP contribution in [0.15, 0.2) is 55.1 Å². The van der Waals surface area contributed by atoms with Crippen LogP contribution in [-0.4, -0.2) is 39.5 Å². The van der Waals surface area contributed by atoms with Crippen molar-refractivity contribution >= 4 is 17.5 Å². The third-order valence-corrected chi connectivity index (χ3v) is 7.28. The second kappa shape index (κ2) is 10.5. The summed E-state index contributed by atoms with van der Waals surface area (Å²) in [5.41, 5.74) is 1.59. The molecular formula is C28H25F5N6O2. The van der Waals surface area contributed by atoms with E-state index in [4.69, 9.17) is 4.74 Å². The fourth-order valence-corrected chi connectivity index (χ4v) is 5.03. The summed E-state index contributed by atoms with van der Waals surface area (Å²) in [4.78, 5) is 14.7. The Kier molecular flexibility index (Phi) is 6.88. The number of nitrogens with zero attached hydrogens (tertiary/aromatic N) is 5. The summed E-state index contributed by atoms with van der Waals surface area (Å²) in [6, 6.07) is 6.96. The topological polar surface area (TPSA) is 77.3 Å². The van der Waals surface area contributed by atoms with E-state index in [0.717, 1.165) is 31.0 Å². The first-order chi connectivity index (χ1) is 19.6. The SMILES string of the molecule is CN1c2nc(Nc3ccc(-n4cnc(CC5CCC5)c4)c(OC(F)(F)F)c3)ncc2OCC1c1cc(F)cc(F)c1. The Bertz CT molecular complexity index is 1550. The minimum atomic E-state index is -4.92. The number of nitrogens with one attached hydrogen (secondary N) is 1. The Hall–Kier alpha value is -4.42. The Morgan fingerprint density at radius 1 is 1.07 bits per heavy atom. The Balaban J connectivity index is 1.25. The van der Waals surface area contributed by atoms with Gasteiger partial charge in [0, 0.05) is 31.1 Å². The number of hydrogen-bond acceptors (Lipinski definition) is 7. The molecule has 1 saturated carbocycles. The maximum Gasteiger partial charge on any atom is 0.573 e. The molecule has 13 heteroatoms. The second-order valence-electron chi connectivity index (χ2n) is 10.2. The summed E-state index contributed by atoms with van der Waals surface area (Å²) in [5, 5.41) is 2.90. The molecule has 214 valence electrons. The number of hydrogen-bond donors (Lipinski definition) is 1. The van der Waals surface area contributed by atoms with E-state index in [1.54, 1.807) is 24.2 Å². The number of aromatic nitrogens is 4. The van der Waals surface area contributed by atoms with Gasteiger partial charge in [0.2, 0.25) is 5.95 Å². The zero-order chi connectivity index (χ0) is 28.7. The van der Waals surface area contributed by atoms with Crippen LogP contribution >= 0.6 is 0 Å². The van der Waals surface area contributed by atoms with E-state index in [-0.39, 0.29) is 23.9 Å². The third-order valence-electron chi connectivity index (χ3n) is 7.28. The minimum absolute atomic E-state index is 0.0707. The highest BCUT2D eigenvalue weighted by Crippen LogP contribution is 2.38. The van der Waals surface area contributed by atoms with Gasteiger partial charge in [0.05, 0.1) is 29.9 Å². The van der Waals surface area contributed by atoms with Crippen LogP contribution in [0.4, 0.5) is 39.4 Å². The maximum atomic E-state index is 13.8. The number of alkyl halides is 3. The van der Waals surface area contributed by atoms with E-state index < -0.39 is 29.8 Å². The van der Waals surface area contributed by atoms with Crippen molar-refractivity contribution in [3.05, 3.63) is 78.0 Å². The van der Waals surface area contributed by atoms with Gasteiger partial charge in [-0.2, -0.15) is 4.98 Å². The van der Waals surface area contributed by atoms with Crippen molar-refractivity contribution < 1.29 is 31.4 Å². The summed E-state index contributed by atoms with van der Waals surface area (Å²) >= 11 is 0. The zero-order valence-corrected chi connectivity index (χ0v) is 21.8. The molecule has 1 aliphatic heterocycles. The molecule has 2 aromatic carbocycles. The molecule has 3 heterocycles. The molecule has 1 aliphatic carbocycles. The molecule has 6 rings (SSSR count). The van der Waals surface area contributed by atoms with E-state index in [2.05, 4.69) is 25.0 Å². The van der Waals surface area contributed by atoms with Gasteiger partial charge in [-0.3, -0.25) is 0 Å². The van der Waals surface area contributed by atoms with E-state index in [1.807, 2.05) is 0 Å². The largest absolute Gasteiger partial charge is 0.573 e. The summed E-state index contributed by atoms with van der Waals surface area (Å²) in [7, 11) is 1.69. The molecule has 0 saturated heterocycles. The normalized spacial score (nSPS) is 17.0. The van der Waals surface area contributed by atoms with Gasteiger partial charge in [-0.25, -0.2) is 18.7 Å². The van der Waals surface area contributed by atoms with Crippen LogP contribution in [0.1, 0.15) is 36.6 Å². The highest BCUT2D eigenvalue weighted by atomic mass is 19.4. The number of rotatable bonds is 7. The summed E-state index contributed by atoms with van der Waals surface area (Å²) < 4.78 is 79.2. The third kappa shape index (κ3) is 5.88. The van der Waals surface area contributed by atoms with Gasteiger partial charge in [-0.15, -0.1) is 13.2 Å². The standard InChI is InChI=1S/C28H25F5N6O2/c1-38-23(17-8-18(29)10-19(30)9-17)14-40-25-12-34-27(37-26(25)38)36-20-5-6-22(24(11-20)41-28(31,32)33)39-13-21(35-15-39)7-16-3-2-4-16/h5-6,8-13,15-16,23H,2-4,7,14H2,1H3,(H,34,36,37). The summed E-state index contributed by atoms with van der Waals surface area (Å²) in [6.45, 7) is 0.110. The number of benzene rings is 2. The Labute approximate surface area is 231 Å². The average molecular weight is 573 g/mol. The molecule has 2 aromatic heterocycles. The van der Waals surface area contributed by atoms with Crippen molar-refractivity contribution in [2.45, 2.75) is 38.1 Å². The lowest BCUT2D eigenvalue weighted by Gasteiger charge is -2.35. The maximum absolute atomic E-state index is 13.8. The van der Waals surface area contributed by atoms with Crippen molar-refractivity contribution in [1.82, 2.24) is 19.5 Å². The molecule has 41 heavy (non-hydrogen) atoms. The van der Waals surface area contributed by atoms with Crippen molar-refractivity contribution in [1.29, 1.82) is 0 Å². The van der Waals surface area contributed by atoms with Crippen LogP contribution in [0.2, 0.25) is 0 Å². The molecule has 0 spiro atoms. The molecule has 8 nitrogen and oxygen atoms in total. The molecule has 1 atom stereocenters. The molecule has 4 aromatic rings. The van der Waals surface area contributed by atoms with E-state index in [9.17, 15) is 22.0 Å². The lowest BCUT2D eigenvalue weighted by Crippen LogP contribution is -2.34. The van der Waals surface area contributed by atoms with Gasteiger partial charge in [-0.1, -0.05) is 19.3 Å². The average Bonchev–Trinajstić information content (AvgIpc) is 3.34. The van der Waals surface area contributed by atoms with Crippen molar-refractivity contribution in [3.63, 3.8) is 0 Å². The lowest BCUT2D eigenvalue weighted by atomic mass is 9.82. The first kappa shape index (κ1) is 26.8. The van der Waals surface area contributed by atoms with Gasteiger partial charge >= 0.3 is 6.36 Å². The van der Waals surface area contributed by atoms with Crippen LogP contribution in [0.5, 0.6) is 11.5 Å². The molecule has 1 fully saturated rings. The van der Waals surface area contributed by atoms with Crippen LogP contribution < -0.4 is 19.7 Å². The predicted octanol–water partition coefficient (Wildman–Crippen LogP) is 6.50. The van der Waals surface area contributed by atoms with Crippen LogP contribution in [0, 0.1) is 17.6 Å². The van der Waals surface area contributed by atoms with Crippen molar-refractivity contribution in [2.24, 2.45) is 5.92 Å². The van der Waals surface area contributed by atoms with Gasteiger partial charge in [0.25, 0.3) is 0 Å². The van der Waals surface area contributed by atoms with Gasteiger partial charge in [0.15, 0.2) is 17.3 Å². The number of ether oxygens (including phenoxy) is 2. The molecule has 0 radical (unpaired) electrons. The molecule has 1 N–H and O–H groups in total. The van der Waals surface area contributed by atoms with Gasteiger partial charge in [-0.05, 0) is 42.2 Å². The van der Waals surface area contributed by atoms with Crippen LogP contribution in [-0.2, 0) is 6.42 Å².